The largest absolute Gasteiger partial charge is 0.325 e. The zero-order valence-electron chi connectivity index (χ0n) is 10.3. The lowest BCUT2D eigenvalue weighted by Gasteiger charge is -2.05. The van der Waals surface area contributed by atoms with E-state index in [0.29, 0.717) is 15.6 Å². The molecule has 3 nitrogen and oxygen atoms in total. The summed E-state index contributed by atoms with van der Waals surface area (Å²) >= 11 is 7.52. The fourth-order valence-electron chi connectivity index (χ4n) is 1.72. The van der Waals surface area contributed by atoms with Crippen LogP contribution in [0.5, 0.6) is 0 Å². The number of thiophene rings is 1. The van der Waals surface area contributed by atoms with Gasteiger partial charge >= 0.3 is 0 Å². The number of hydrogen-bond acceptors (Lipinski definition) is 3. The fourth-order valence-corrected chi connectivity index (χ4v) is 3.13. The summed E-state index contributed by atoms with van der Waals surface area (Å²) in [5.74, 6) is -0.370. The highest BCUT2D eigenvalue weighted by atomic mass is 35.5. The normalized spacial score (nSPS) is 10.4. The maximum absolute atomic E-state index is 12.1. The van der Waals surface area contributed by atoms with E-state index < -0.39 is 0 Å². The van der Waals surface area contributed by atoms with Crippen LogP contribution < -0.4 is 5.32 Å². The first-order valence-electron chi connectivity index (χ1n) is 5.64. The first-order chi connectivity index (χ1) is 8.99. The van der Waals surface area contributed by atoms with Crippen LogP contribution in [-0.4, -0.2) is 11.7 Å². The van der Waals surface area contributed by atoms with Crippen LogP contribution in [0.4, 0.5) is 0 Å². The van der Waals surface area contributed by atoms with Gasteiger partial charge in [-0.25, -0.2) is 0 Å². The van der Waals surface area contributed by atoms with Crippen molar-refractivity contribution in [1.29, 1.82) is 0 Å². The van der Waals surface area contributed by atoms with E-state index in [2.05, 4.69) is 11.9 Å². The monoisotopic (exact) mass is 293 g/mol. The summed E-state index contributed by atoms with van der Waals surface area (Å²) in [6, 6.07) is 7.55. The Balaban J connectivity index is 2.24. The predicted octanol–water partition coefficient (Wildman–Crippen LogP) is 3.78. The Morgan fingerprint density at radius 2 is 2.05 bits per heavy atom. The van der Waals surface area contributed by atoms with Crippen molar-refractivity contribution in [2.75, 3.05) is 0 Å². The summed E-state index contributed by atoms with van der Waals surface area (Å²) in [6.07, 6.45) is 0.133. The standard InChI is InChI=1S/C14H12ClNO2S/c1-8(7-9(2)17)16-14(18)13-12(15)10-5-3-4-6-11(10)19-13/h3-6H,1,7H2,2H3,(H,16,18). The van der Waals surface area contributed by atoms with Crippen LogP contribution in [0.15, 0.2) is 36.5 Å². The maximum Gasteiger partial charge on any atom is 0.267 e. The average Bonchev–Trinajstić information content (AvgIpc) is 2.66. The third-order valence-electron chi connectivity index (χ3n) is 2.49. The third kappa shape index (κ3) is 3.03. The highest BCUT2D eigenvalue weighted by Gasteiger charge is 2.17. The summed E-state index contributed by atoms with van der Waals surface area (Å²) in [4.78, 5) is 23.5. The minimum atomic E-state index is -0.322. The van der Waals surface area contributed by atoms with Crippen molar-refractivity contribution in [2.45, 2.75) is 13.3 Å². The van der Waals surface area contributed by atoms with Crippen molar-refractivity contribution in [3.05, 3.63) is 46.4 Å². The lowest BCUT2D eigenvalue weighted by atomic mass is 10.2. The number of halogens is 1. The van der Waals surface area contributed by atoms with Crippen molar-refractivity contribution in [3.63, 3.8) is 0 Å². The van der Waals surface area contributed by atoms with E-state index in [1.165, 1.54) is 18.3 Å². The molecule has 5 heteroatoms. The molecule has 0 spiro atoms. The van der Waals surface area contributed by atoms with Crippen molar-refractivity contribution in [3.8, 4) is 0 Å². The SMILES string of the molecule is C=C(CC(C)=O)NC(=O)c1sc2ccccc2c1Cl. The molecule has 0 saturated heterocycles. The van der Waals surface area contributed by atoms with E-state index in [1.54, 1.807) is 0 Å². The Labute approximate surface area is 119 Å². The number of nitrogens with one attached hydrogen (secondary N) is 1. The van der Waals surface area contributed by atoms with Crippen molar-refractivity contribution in [1.82, 2.24) is 5.32 Å². The lowest BCUT2D eigenvalue weighted by molar-refractivity contribution is -0.116. The summed E-state index contributed by atoms with van der Waals surface area (Å²) in [5.41, 5.74) is 0.381. The molecule has 0 saturated carbocycles. The lowest BCUT2D eigenvalue weighted by Crippen LogP contribution is -2.22. The molecule has 0 aliphatic heterocycles. The van der Waals surface area contributed by atoms with E-state index in [4.69, 9.17) is 11.6 Å². The number of carbonyl (C=O) groups excluding carboxylic acids is 2. The minimum absolute atomic E-state index is 0.0484. The summed E-state index contributed by atoms with van der Waals surface area (Å²) < 4.78 is 0.954. The number of rotatable bonds is 4. The van der Waals surface area contributed by atoms with E-state index in [9.17, 15) is 9.59 Å². The van der Waals surface area contributed by atoms with Gasteiger partial charge in [-0.3, -0.25) is 9.59 Å². The first-order valence-corrected chi connectivity index (χ1v) is 6.84. The number of amides is 1. The number of fused-ring (bicyclic) bond motifs is 1. The van der Waals surface area contributed by atoms with Crippen LogP contribution in [-0.2, 0) is 4.79 Å². The number of Topliss-reactive ketones (excluding diaryl/α,β-unsaturated/α-hetero) is 1. The van der Waals surface area contributed by atoms with Crippen LogP contribution in [0, 0.1) is 0 Å². The molecule has 0 unspecified atom stereocenters. The van der Waals surface area contributed by atoms with Crippen molar-refractivity contribution < 1.29 is 9.59 Å². The predicted molar refractivity (Wildman–Crippen MR) is 78.7 cm³/mol. The molecule has 1 heterocycles. The molecule has 19 heavy (non-hydrogen) atoms. The molecule has 0 bridgehead atoms. The Morgan fingerprint density at radius 1 is 1.37 bits per heavy atom. The van der Waals surface area contributed by atoms with Gasteiger partial charge in [-0.15, -0.1) is 11.3 Å². The number of allylic oxidation sites excluding steroid dienone is 1. The van der Waals surface area contributed by atoms with E-state index in [0.717, 1.165) is 10.1 Å². The van der Waals surface area contributed by atoms with Crippen LogP contribution in [0.2, 0.25) is 5.02 Å². The Kier molecular flexibility index (Phi) is 4.02. The van der Waals surface area contributed by atoms with E-state index in [-0.39, 0.29) is 18.1 Å². The molecule has 1 amide bonds. The summed E-state index contributed by atoms with van der Waals surface area (Å²) in [6.45, 7) is 5.10. The molecule has 0 fully saturated rings. The second-order valence-electron chi connectivity index (χ2n) is 4.18. The highest BCUT2D eigenvalue weighted by molar-refractivity contribution is 7.21. The number of ketones is 1. The molecule has 2 rings (SSSR count). The highest BCUT2D eigenvalue weighted by Crippen LogP contribution is 2.35. The van der Waals surface area contributed by atoms with Crippen molar-refractivity contribution >= 4 is 44.7 Å². The van der Waals surface area contributed by atoms with Gasteiger partial charge in [0, 0.05) is 22.2 Å². The van der Waals surface area contributed by atoms with Gasteiger partial charge < -0.3 is 5.32 Å². The molecule has 0 radical (unpaired) electrons. The second kappa shape index (κ2) is 5.55. The first kappa shape index (κ1) is 13.8. The fraction of sp³-hybridized carbons (Fsp3) is 0.143. The van der Waals surface area contributed by atoms with Crippen LogP contribution >= 0.6 is 22.9 Å². The van der Waals surface area contributed by atoms with E-state index in [1.807, 2.05) is 24.3 Å². The molecule has 1 N–H and O–H groups in total. The number of benzene rings is 1. The number of hydrogen-bond donors (Lipinski definition) is 1. The Hall–Kier alpha value is -1.65. The van der Waals surface area contributed by atoms with Gasteiger partial charge in [-0.2, -0.15) is 0 Å². The van der Waals surface area contributed by atoms with Gasteiger partial charge in [0.1, 0.15) is 10.7 Å². The average molecular weight is 294 g/mol. The number of carbonyl (C=O) groups is 2. The Bertz CT molecular complexity index is 675. The van der Waals surface area contributed by atoms with Gasteiger partial charge in [0.2, 0.25) is 0 Å². The van der Waals surface area contributed by atoms with Gasteiger partial charge in [-0.05, 0) is 13.0 Å². The van der Waals surface area contributed by atoms with Crippen LogP contribution in [0.25, 0.3) is 10.1 Å². The Morgan fingerprint density at radius 3 is 2.68 bits per heavy atom. The third-order valence-corrected chi connectivity index (χ3v) is 4.17. The zero-order chi connectivity index (χ0) is 14.0. The molecule has 98 valence electrons. The molecular formula is C14H12ClNO2S. The smallest absolute Gasteiger partial charge is 0.267 e. The molecule has 0 atom stereocenters. The van der Waals surface area contributed by atoms with E-state index >= 15 is 0 Å². The molecule has 2 aromatic rings. The quantitative estimate of drug-likeness (QED) is 0.932. The van der Waals surface area contributed by atoms with Gasteiger partial charge in [0.15, 0.2) is 0 Å². The summed E-state index contributed by atoms with van der Waals surface area (Å²) in [5, 5.41) is 3.90. The molecule has 1 aromatic heterocycles. The van der Waals surface area contributed by atoms with Crippen molar-refractivity contribution in [2.24, 2.45) is 0 Å². The second-order valence-corrected chi connectivity index (χ2v) is 5.61. The summed E-state index contributed by atoms with van der Waals surface area (Å²) in [7, 11) is 0. The van der Waals surface area contributed by atoms with Gasteiger partial charge in [0.05, 0.1) is 5.02 Å². The van der Waals surface area contributed by atoms with Crippen LogP contribution in [0.3, 0.4) is 0 Å². The zero-order valence-corrected chi connectivity index (χ0v) is 11.9. The topological polar surface area (TPSA) is 46.2 Å². The molecular weight excluding hydrogens is 282 g/mol. The van der Waals surface area contributed by atoms with Gasteiger partial charge in [0.25, 0.3) is 5.91 Å². The minimum Gasteiger partial charge on any atom is -0.325 e. The van der Waals surface area contributed by atoms with Crippen LogP contribution in [0.1, 0.15) is 23.0 Å². The molecule has 1 aromatic carbocycles. The molecule has 0 aliphatic carbocycles. The molecule has 0 aliphatic rings. The van der Waals surface area contributed by atoms with Gasteiger partial charge in [-0.1, -0.05) is 36.4 Å². The maximum atomic E-state index is 12.1.